The van der Waals surface area contributed by atoms with Crippen LogP contribution in [-0.4, -0.2) is 27.6 Å². The zero-order valence-corrected chi connectivity index (χ0v) is 17.0. The first-order valence-corrected chi connectivity index (χ1v) is 9.63. The molecule has 0 saturated heterocycles. The number of hydrogen-bond acceptors (Lipinski definition) is 6. The van der Waals surface area contributed by atoms with Gasteiger partial charge in [-0.25, -0.2) is 4.98 Å². The van der Waals surface area contributed by atoms with Crippen LogP contribution in [-0.2, 0) is 5.41 Å². The lowest BCUT2D eigenvalue weighted by Crippen LogP contribution is -2.37. The number of nitrogens with zero attached hydrogens (tertiary/aromatic N) is 3. The first-order chi connectivity index (χ1) is 14.4. The SMILES string of the molecule is Cc1nc(-c2cccc(C(=O)NCC(C)(C)c3coc(-c4ccccc4)n3)c2)no1. The normalized spacial score (nSPS) is 11.4. The fraction of sp³-hybridized carbons (Fsp3) is 0.217. The topological polar surface area (TPSA) is 94.1 Å². The zero-order chi connectivity index (χ0) is 21.1. The summed E-state index contributed by atoms with van der Waals surface area (Å²) >= 11 is 0. The van der Waals surface area contributed by atoms with E-state index in [1.54, 1.807) is 31.4 Å². The maximum Gasteiger partial charge on any atom is 0.251 e. The minimum Gasteiger partial charge on any atom is -0.444 e. The van der Waals surface area contributed by atoms with Gasteiger partial charge in [-0.3, -0.25) is 4.79 Å². The Morgan fingerprint density at radius 2 is 1.80 bits per heavy atom. The van der Waals surface area contributed by atoms with E-state index in [0.717, 1.165) is 16.8 Å². The van der Waals surface area contributed by atoms with Crippen LogP contribution in [0.5, 0.6) is 0 Å². The lowest BCUT2D eigenvalue weighted by Gasteiger charge is -2.22. The Bertz CT molecular complexity index is 1160. The highest BCUT2D eigenvalue weighted by Crippen LogP contribution is 2.26. The third kappa shape index (κ3) is 4.15. The van der Waals surface area contributed by atoms with Crippen molar-refractivity contribution in [2.75, 3.05) is 6.54 Å². The van der Waals surface area contributed by atoms with Crippen molar-refractivity contribution in [1.29, 1.82) is 0 Å². The first-order valence-electron chi connectivity index (χ1n) is 9.63. The molecule has 1 amide bonds. The lowest BCUT2D eigenvalue weighted by molar-refractivity contribution is 0.0945. The van der Waals surface area contributed by atoms with Crippen LogP contribution in [0.25, 0.3) is 22.8 Å². The van der Waals surface area contributed by atoms with Gasteiger partial charge in [-0.2, -0.15) is 4.98 Å². The minimum atomic E-state index is -0.408. The van der Waals surface area contributed by atoms with Crippen LogP contribution in [0.3, 0.4) is 0 Å². The third-order valence-corrected chi connectivity index (χ3v) is 4.82. The lowest BCUT2D eigenvalue weighted by atomic mass is 9.90. The van der Waals surface area contributed by atoms with Gasteiger partial charge >= 0.3 is 0 Å². The Hall–Kier alpha value is -3.74. The Kier molecular flexibility index (Phi) is 5.18. The van der Waals surface area contributed by atoms with Gasteiger partial charge in [0.05, 0.1) is 5.69 Å². The van der Waals surface area contributed by atoms with Crippen LogP contribution in [0.2, 0.25) is 0 Å². The molecule has 0 aliphatic heterocycles. The number of amides is 1. The van der Waals surface area contributed by atoms with E-state index in [2.05, 4.69) is 20.4 Å². The molecule has 0 unspecified atom stereocenters. The van der Waals surface area contributed by atoms with Crippen molar-refractivity contribution in [3.63, 3.8) is 0 Å². The summed E-state index contributed by atoms with van der Waals surface area (Å²) in [5.74, 6) is 1.31. The number of aryl methyl sites for hydroxylation is 1. The number of oxazole rings is 1. The molecule has 7 heteroatoms. The van der Waals surface area contributed by atoms with Crippen molar-refractivity contribution in [1.82, 2.24) is 20.4 Å². The van der Waals surface area contributed by atoms with E-state index in [-0.39, 0.29) is 5.91 Å². The minimum absolute atomic E-state index is 0.183. The monoisotopic (exact) mass is 402 g/mol. The zero-order valence-electron chi connectivity index (χ0n) is 17.0. The van der Waals surface area contributed by atoms with Crippen LogP contribution < -0.4 is 5.32 Å². The van der Waals surface area contributed by atoms with Crippen molar-refractivity contribution >= 4 is 5.91 Å². The predicted molar refractivity (Wildman–Crippen MR) is 112 cm³/mol. The maximum absolute atomic E-state index is 12.7. The molecule has 4 rings (SSSR count). The number of carbonyl (C=O) groups excluding carboxylic acids is 1. The molecule has 0 aliphatic rings. The highest BCUT2D eigenvalue weighted by atomic mass is 16.5. The van der Waals surface area contributed by atoms with Gasteiger partial charge in [0.2, 0.25) is 17.6 Å². The van der Waals surface area contributed by atoms with Gasteiger partial charge in [0.15, 0.2) is 0 Å². The second-order valence-electron chi connectivity index (χ2n) is 7.69. The molecule has 0 fully saturated rings. The van der Waals surface area contributed by atoms with E-state index in [9.17, 15) is 4.79 Å². The van der Waals surface area contributed by atoms with Crippen LogP contribution >= 0.6 is 0 Å². The molecule has 1 N–H and O–H groups in total. The second kappa shape index (κ2) is 7.94. The highest BCUT2D eigenvalue weighted by Gasteiger charge is 2.26. The summed E-state index contributed by atoms with van der Waals surface area (Å²) in [6.45, 7) is 6.15. The molecule has 0 atom stereocenters. The quantitative estimate of drug-likeness (QED) is 0.513. The standard InChI is InChI=1S/C23H22N4O3/c1-15-25-20(27-30-15)17-10-7-11-18(12-17)21(28)24-14-23(2,3)19-13-29-22(26-19)16-8-5-4-6-9-16/h4-13H,14H2,1-3H3,(H,24,28). The Balaban J connectivity index is 1.45. The van der Waals surface area contributed by atoms with E-state index in [0.29, 0.717) is 29.7 Å². The van der Waals surface area contributed by atoms with Crippen LogP contribution in [0.1, 0.15) is 35.8 Å². The van der Waals surface area contributed by atoms with E-state index in [4.69, 9.17) is 8.94 Å². The molecule has 4 aromatic rings. The van der Waals surface area contributed by atoms with Gasteiger partial charge in [0, 0.05) is 35.6 Å². The van der Waals surface area contributed by atoms with Gasteiger partial charge in [0.1, 0.15) is 6.26 Å². The second-order valence-corrected chi connectivity index (χ2v) is 7.69. The van der Waals surface area contributed by atoms with Crippen LogP contribution in [0.15, 0.2) is 69.8 Å². The molecule has 7 nitrogen and oxygen atoms in total. The summed E-state index contributed by atoms with van der Waals surface area (Å²) < 4.78 is 10.7. The number of hydrogen-bond donors (Lipinski definition) is 1. The van der Waals surface area contributed by atoms with Crippen molar-refractivity contribution < 1.29 is 13.7 Å². The van der Waals surface area contributed by atoms with Gasteiger partial charge < -0.3 is 14.3 Å². The molecule has 0 radical (unpaired) electrons. The van der Waals surface area contributed by atoms with Gasteiger partial charge in [-0.05, 0) is 24.3 Å². The van der Waals surface area contributed by atoms with Gasteiger partial charge in [-0.15, -0.1) is 0 Å². The largest absolute Gasteiger partial charge is 0.444 e. The summed E-state index contributed by atoms with van der Waals surface area (Å²) in [5.41, 5.74) is 2.53. The number of nitrogens with one attached hydrogen (secondary N) is 1. The molecule has 2 heterocycles. The van der Waals surface area contributed by atoms with E-state index in [1.807, 2.05) is 50.2 Å². The number of benzene rings is 2. The average molecular weight is 402 g/mol. The number of rotatable bonds is 6. The summed E-state index contributed by atoms with van der Waals surface area (Å²) in [6, 6.07) is 16.9. The molecule has 152 valence electrons. The van der Waals surface area contributed by atoms with Crippen molar-refractivity contribution in [3.8, 4) is 22.8 Å². The van der Waals surface area contributed by atoms with E-state index < -0.39 is 5.41 Å². The molecule has 0 saturated carbocycles. The summed E-state index contributed by atoms with van der Waals surface area (Å²) in [5, 5.41) is 6.89. The Labute approximate surface area is 174 Å². The number of carbonyl (C=O) groups is 1. The summed E-state index contributed by atoms with van der Waals surface area (Å²) in [7, 11) is 0. The highest BCUT2D eigenvalue weighted by molar-refractivity contribution is 5.95. The molecule has 2 aromatic heterocycles. The Morgan fingerprint density at radius 3 is 2.53 bits per heavy atom. The fourth-order valence-corrected chi connectivity index (χ4v) is 3.01. The van der Waals surface area contributed by atoms with Gasteiger partial charge in [0.25, 0.3) is 5.91 Å². The van der Waals surface area contributed by atoms with Crippen molar-refractivity contribution in [3.05, 3.63) is 78.0 Å². The smallest absolute Gasteiger partial charge is 0.251 e. The van der Waals surface area contributed by atoms with E-state index in [1.165, 1.54) is 0 Å². The molecular weight excluding hydrogens is 380 g/mol. The summed E-state index contributed by atoms with van der Waals surface area (Å²) in [4.78, 5) is 21.5. The van der Waals surface area contributed by atoms with Crippen LogP contribution in [0.4, 0.5) is 0 Å². The average Bonchev–Trinajstić information content (AvgIpc) is 3.43. The maximum atomic E-state index is 12.7. The van der Waals surface area contributed by atoms with Crippen LogP contribution in [0, 0.1) is 6.92 Å². The molecule has 30 heavy (non-hydrogen) atoms. The van der Waals surface area contributed by atoms with Crippen molar-refractivity contribution in [2.45, 2.75) is 26.2 Å². The van der Waals surface area contributed by atoms with Gasteiger partial charge in [-0.1, -0.05) is 49.3 Å². The Morgan fingerprint density at radius 1 is 1.03 bits per heavy atom. The number of aromatic nitrogens is 3. The first kappa shape index (κ1) is 19.6. The predicted octanol–water partition coefficient (Wildman–Crippen LogP) is 4.41. The van der Waals surface area contributed by atoms with E-state index >= 15 is 0 Å². The molecule has 2 aromatic carbocycles. The fourth-order valence-electron chi connectivity index (χ4n) is 3.01. The summed E-state index contributed by atoms with van der Waals surface area (Å²) in [6.07, 6.45) is 1.65. The van der Waals surface area contributed by atoms with Crippen molar-refractivity contribution in [2.24, 2.45) is 0 Å². The third-order valence-electron chi connectivity index (χ3n) is 4.82. The molecule has 0 aliphatic carbocycles. The molecular formula is C23H22N4O3. The molecule has 0 spiro atoms. The molecule has 0 bridgehead atoms.